The van der Waals surface area contributed by atoms with E-state index in [4.69, 9.17) is 0 Å². The van der Waals surface area contributed by atoms with Crippen LogP contribution in [0.1, 0.15) is 98.8 Å². The minimum Gasteiger partial charge on any atom is -0.481 e. The lowest BCUT2D eigenvalue weighted by Crippen LogP contribution is -2.54. The van der Waals surface area contributed by atoms with Gasteiger partial charge in [0.25, 0.3) is 0 Å². The highest BCUT2D eigenvalue weighted by Gasteiger charge is 2.60. The Kier molecular flexibility index (Phi) is 5.41. The Balaban J connectivity index is 1.52. The molecule has 0 bridgehead atoms. The molecule has 0 spiro atoms. The van der Waals surface area contributed by atoms with Gasteiger partial charge >= 0.3 is 5.97 Å². The summed E-state index contributed by atoms with van der Waals surface area (Å²) in [6.45, 7) is 11.3. The molecule has 0 aliphatic heterocycles. The highest BCUT2D eigenvalue weighted by molar-refractivity contribution is 5.73. The van der Waals surface area contributed by atoms with Crippen LogP contribution in [0.25, 0.3) is 0 Å². The molecule has 0 amide bonds. The second-order valence-corrected chi connectivity index (χ2v) is 12.7. The van der Waals surface area contributed by atoms with Gasteiger partial charge in [-0.05, 0) is 124 Å². The van der Waals surface area contributed by atoms with Crippen LogP contribution in [0.3, 0.4) is 0 Å². The van der Waals surface area contributed by atoms with Crippen molar-refractivity contribution in [1.29, 1.82) is 0 Å². The summed E-state index contributed by atoms with van der Waals surface area (Å²) in [5.41, 5.74) is 0.213. The maximum atomic E-state index is 11.7. The molecule has 0 aromatic carbocycles. The number of rotatable bonds is 4. The Morgan fingerprint density at radius 2 is 1.66 bits per heavy atom. The smallest absolute Gasteiger partial charge is 0.309 e. The molecule has 9 atom stereocenters. The van der Waals surface area contributed by atoms with Gasteiger partial charge in [-0.3, -0.25) is 4.79 Å². The first-order valence-electron chi connectivity index (χ1n) is 12.4. The summed E-state index contributed by atoms with van der Waals surface area (Å²) in [6.07, 6.45) is 12.0. The normalized spacial score (nSPS) is 48.3. The predicted molar refractivity (Wildman–Crippen MR) is 116 cm³/mol. The number of carboxylic acid groups (broad SMARTS) is 1. The van der Waals surface area contributed by atoms with Crippen LogP contribution >= 0.6 is 0 Å². The molecule has 4 rings (SSSR count). The van der Waals surface area contributed by atoms with Gasteiger partial charge in [-0.1, -0.05) is 20.8 Å². The number of carbonyl (C=O) groups is 1. The van der Waals surface area contributed by atoms with E-state index in [0.717, 1.165) is 42.9 Å². The quantitative estimate of drug-likeness (QED) is 0.591. The van der Waals surface area contributed by atoms with Crippen LogP contribution in [-0.4, -0.2) is 22.3 Å². The number of hydrogen-bond acceptors (Lipinski definition) is 2. The first kappa shape index (κ1) is 21.7. The van der Waals surface area contributed by atoms with Crippen molar-refractivity contribution in [2.24, 2.45) is 51.8 Å². The highest BCUT2D eigenvalue weighted by Crippen LogP contribution is 2.68. The van der Waals surface area contributed by atoms with Gasteiger partial charge in [-0.2, -0.15) is 0 Å². The lowest BCUT2D eigenvalue weighted by Gasteiger charge is -2.61. The van der Waals surface area contributed by atoms with E-state index in [1.54, 1.807) is 0 Å². The largest absolute Gasteiger partial charge is 0.481 e. The summed E-state index contributed by atoms with van der Waals surface area (Å²) >= 11 is 0. The number of carboxylic acids is 1. The average molecular weight is 405 g/mol. The fourth-order valence-electron chi connectivity index (χ4n) is 9.25. The molecule has 3 heteroatoms. The minimum atomic E-state index is -0.654. The fraction of sp³-hybridized carbons (Fsp3) is 0.962. The molecule has 166 valence electrons. The van der Waals surface area contributed by atoms with E-state index in [1.807, 2.05) is 13.8 Å². The highest BCUT2D eigenvalue weighted by atomic mass is 16.4. The minimum absolute atomic E-state index is 0.0622. The number of fused-ring (bicyclic) bond motifs is 5. The molecule has 4 aliphatic rings. The summed E-state index contributed by atoms with van der Waals surface area (Å²) in [7, 11) is 0. The third-order valence-electron chi connectivity index (χ3n) is 10.8. The third-order valence-corrected chi connectivity index (χ3v) is 10.8. The number of aliphatic hydroxyl groups is 1. The van der Waals surface area contributed by atoms with E-state index >= 15 is 0 Å². The topological polar surface area (TPSA) is 57.5 Å². The van der Waals surface area contributed by atoms with Crippen molar-refractivity contribution in [3.8, 4) is 0 Å². The third kappa shape index (κ3) is 3.38. The Morgan fingerprint density at radius 3 is 2.34 bits per heavy atom. The summed E-state index contributed by atoms with van der Waals surface area (Å²) in [5.74, 6) is 3.75. The van der Waals surface area contributed by atoms with Crippen LogP contribution in [0, 0.1) is 51.8 Å². The molecular weight excluding hydrogens is 360 g/mol. The predicted octanol–water partition coefficient (Wildman–Crippen LogP) is 6.14. The molecule has 0 saturated heterocycles. The number of hydrogen-bond donors (Lipinski definition) is 2. The zero-order valence-electron chi connectivity index (χ0n) is 19.4. The second-order valence-electron chi connectivity index (χ2n) is 12.7. The number of aliphatic carboxylic acids is 1. The Hall–Kier alpha value is -0.570. The van der Waals surface area contributed by atoms with Gasteiger partial charge in [0.2, 0.25) is 0 Å². The van der Waals surface area contributed by atoms with Crippen molar-refractivity contribution in [2.75, 3.05) is 0 Å². The van der Waals surface area contributed by atoms with E-state index in [1.165, 1.54) is 44.9 Å². The molecule has 3 nitrogen and oxygen atoms in total. The maximum absolute atomic E-state index is 11.7. The first-order valence-corrected chi connectivity index (χ1v) is 12.4. The van der Waals surface area contributed by atoms with Gasteiger partial charge in [0.15, 0.2) is 0 Å². The molecule has 2 N–H and O–H groups in total. The molecule has 0 aromatic rings. The van der Waals surface area contributed by atoms with Gasteiger partial charge in [-0.15, -0.1) is 0 Å². The molecular formula is C26H44O3. The second kappa shape index (κ2) is 7.24. The molecule has 0 radical (unpaired) electrons. The van der Waals surface area contributed by atoms with E-state index in [-0.39, 0.29) is 6.10 Å². The summed E-state index contributed by atoms with van der Waals surface area (Å²) in [4.78, 5) is 11.7. The van der Waals surface area contributed by atoms with Crippen LogP contribution in [0.4, 0.5) is 0 Å². The van der Waals surface area contributed by atoms with Gasteiger partial charge in [0, 0.05) is 0 Å². The maximum Gasteiger partial charge on any atom is 0.309 e. The van der Waals surface area contributed by atoms with Crippen LogP contribution in [0.5, 0.6) is 0 Å². The Labute approximate surface area is 178 Å². The average Bonchev–Trinajstić information content (AvgIpc) is 2.99. The van der Waals surface area contributed by atoms with Crippen molar-refractivity contribution in [3.63, 3.8) is 0 Å². The first-order chi connectivity index (χ1) is 13.5. The van der Waals surface area contributed by atoms with Crippen molar-refractivity contribution in [1.82, 2.24) is 0 Å². The molecule has 4 aliphatic carbocycles. The Bertz CT molecular complexity index is 642. The van der Waals surface area contributed by atoms with Crippen LogP contribution in [-0.2, 0) is 4.79 Å². The van der Waals surface area contributed by atoms with E-state index in [0.29, 0.717) is 22.7 Å². The van der Waals surface area contributed by atoms with Crippen molar-refractivity contribution in [2.45, 2.75) is 105 Å². The van der Waals surface area contributed by atoms with E-state index in [9.17, 15) is 15.0 Å². The molecule has 0 heterocycles. The zero-order valence-corrected chi connectivity index (χ0v) is 19.4. The SMILES string of the molecule is CC(CC(C)(C)C(=O)O)C1CCC2C3CCC4CC(O)CCC4(C)C3CCC12C. The monoisotopic (exact) mass is 404 g/mol. The van der Waals surface area contributed by atoms with Crippen LogP contribution < -0.4 is 0 Å². The van der Waals surface area contributed by atoms with Crippen molar-refractivity contribution in [3.05, 3.63) is 0 Å². The van der Waals surface area contributed by atoms with Gasteiger partial charge in [0.05, 0.1) is 11.5 Å². The molecule has 9 unspecified atom stereocenters. The summed E-state index contributed by atoms with van der Waals surface area (Å²) in [5, 5.41) is 19.9. The molecule has 29 heavy (non-hydrogen) atoms. The summed E-state index contributed by atoms with van der Waals surface area (Å²) in [6, 6.07) is 0. The van der Waals surface area contributed by atoms with Gasteiger partial charge < -0.3 is 10.2 Å². The molecule has 4 saturated carbocycles. The fourth-order valence-corrected chi connectivity index (χ4v) is 9.25. The van der Waals surface area contributed by atoms with E-state index in [2.05, 4.69) is 20.8 Å². The van der Waals surface area contributed by atoms with Gasteiger partial charge in [-0.25, -0.2) is 0 Å². The standard InChI is InChI=1S/C26H44O3/c1-16(15-24(2,3)23(28)29)20-8-9-21-19-7-6-17-14-18(27)10-12-25(17,4)22(19)11-13-26(20,21)5/h16-22,27H,6-15H2,1-5H3,(H,28,29). The van der Waals surface area contributed by atoms with Gasteiger partial charge in [0.1, 0.15) is 0 Å². The van der Waals surface area contributed by atoms with Crippen molar-refractivity contribution >= 4 is 5.97 Å². The van der Waals surface area contributed by atoms with Crippen molar-refractivity contribution < 1.29 is 15.0 Å². The molecule has 0 aromatic heterocycles. The number of aliphatic hydroxyl groups excluding tert-OH is 1. The summed E-state index contributed by atoms with van der Waals surface area (Å²) < 4.78 is 0. The zero-order chi connectivity index (χ0) is 21.2. The lowest BCUT2D eigenvalue weighted by atomic mass is 9.44. The van der Waals surface area contributed by atoms with Crippen LogP contribution in [0.2, 0.25) is 0 Å². The molecule has 4 fully saturated rings. The van der Waals surface area contributed by atoms with E-state index < -0.39 is 11.4 Å². The van der Waals surface area contributed by atoms with Crippen LogP contribution in [0.15, 0.2) is 0 Å². The Morgan fingerprint density at radius 1 is 1.00 bits per heavy atom. The lowest BCUT2D eigenvalue weighted by molar-refractivity contribution is -0.149.